The van der Waals surface area contributed by atoms with Crippen molar-refractivity contribution in [3.05, 3.63) is 24.3 Å². The zero-order chi connectivity index (χ0) is 27.0. The monoisotopic (exact) mass is 516 g/mol. The van der Waals surface area contributed by atoms with E-state index in [1.807, 2.05) is 29.2 Å². The molecule has 2 amide bonds. The number of carbonyl (C=O) groups excluding carboxylic acids is 3. The summed E-state index contributed by atoms with van der Waals surface area (Å²) in [6, 6.07) is -0.838. The lowest BCUT2D eigenvalue weighted by Crippen LogP contribution is -2.59. The van der Waals surface area contributed by atoms with Gasteiger partial charge in [-0.3, -0.25) is 14.4 Å². The van der Waals surface area contributed by atoms with Crippen LogP contribution in [0.1, 0.15) is 73.1 Å². The van der Waals surface area contributed by atoms with Crippen LogP contribution in [0.25, 0.3) is 0 Å². The van der Waals surface area contributed by atoms with Crippen LogP contribution in [-0.4, -0.2) is 82.3 Å². The first-order valence-electron chi connectivity index (χ1n) is 13.8. The summed E-state index contributed by atoms with van der Waals surface area (Å²) in [6.45, 7) is 11.9. The van der Waals surface area contributed by atoms with Crippen LogP contribution in [-0.2, 0) is 23.9 Å². The Kier molecular flexibility index (Phi) is 7.92. The average Bonchev–Trinajstić information content (AvgIpc) is 3.15. The summed E-state index contributed by atoms with van der Waals surface area (Å²) >= 11 is 0. The van der Waals surface area contributed by atoms with Crippen LogP contribution in [0.4, 0.5) is 0 Å². The Morgan fingerprint density at radius 1 is 1.03 bits per heavy atom. The molecule has 8 nitrogen and oxygen atoms in total. The van der Waals surface area contributed by atoms with Gasteiger partial charge in [-0.25, -0.2) is 0 Å². The predicted molar refractivity (Wildman–Crippen MR) is 139 cm³/mol. The van der Waals surface area contributed by atoms with Gasteiger partial charge in [-0.15, -0.1) is 0 Å². The Labute approximate surface area is 221 Å². The van der Waals surface area contributed by atoms with Crippen molar-refractivity contribution in [2.45, 2.75) is 96.4 Å². The van der Waals surface area contributed by atoms with E-state index in [9.17, 15) is 14.4 Å². The Bertz CT molecular complexity index is 951. The summed E-state index contributed by atoms with van der Waals surface area (Å²) in [6.07, 6.45) is 11.5. The van der Waals surface area contributed by atoms with E-state index in [0.717, 1.165) is 19.3 Å². The molecule has 0 aromatic carbocycles. The van der Waals surface area contributed by atoms with Crippen LogP contribution in [0.2, 0.25) is 0 Å². The molecule has 4 rings (SSSR count). The minimum Gasteiger partial charge on any atom is -0.465 e. The molecule has 4 heterocycles. The van der Waals surface area contributed by atoms with Crippen molar-refractivity contribution in [1.82, 2.24) is 9.80 Å². The zero-order valence-electron chi connectivity index (χ0n) is 23.1. The number of nitrogens with zero attached hydrogens (tertiary/aromatic N) is 2. The average molecular weight is 517 g/mol. The van der Waals surface area contributed by atoms with Crippen molar-refractivity contribution < 1.29 is 29.0 Å². The molecule has 0 aromatic heterocycles. The lowest BCUT2D eigenvalue weighted by molar-refractivity contribution is -0.156. The van der Waals surface area contributed by atoms with E-state index in [-0.39, 0.29) is 30.4 Å². The number of cyclic esters (lactones) is 1. The Balaban J connectivity index is 1.73. The summed E-state index contributed by atoms with van der Waals surface area (Å²) in [5, 5.41) is 9.12. The van der Waals surface area contributed by atoms with Crippen molar-refractivity contribution in [2.75, 3.05) is 26.3 Å². The van der Waals surface area contributed by atoms with Crippen molar-refractivity contribution in [3.63, 3.8) is 0 Å². The summed E-state index contributed by atoms with van der Waals surface area (Å²) in [5.41, 5.74) is -1.66. The number of carbonyl (C=O) groups is 3. The fraction of sp³-hybridized carbons (Fsp3) is 0.759. The molecule has 0 radical (unpaired) electrons. The number of hydrogen-bond acceptors (Lipinski definition) is 6. The lowest BCUT2D eigenvalue weighted by atomic mass is 9.77. The highest BCUT2D eigenvalue weighted by Crippen LogP contribution is 2.53. The van der Waals surface area contributed by atoms with Crippen molar-refractivity contribution in [2.24, 2.45) is 17.3 Å². The van der Waals surface area contributed by atoms with Gasteiger partial charge in [0.1, 0.15) is 17.6 Å². The number of fused-ring (bicyclic) bond motifs is 2. The lowest BCUT2D eigenvalue weighted by Gasteiger charge is -2.44. The second-order valence-corrected chi connectivity index (χ2v) is 12.8. The number of ether oxygens (including phenoxy) is 2. The molecule has 206 valence electrons. The number of aliphatic hydroxyl groups excluding tert-OH is 1. The maximum atomic E-state index is 14.5. The topological polar surface area (TPSA) is 96.4 Å². The first kappa shape index (κ1) is 27.8. The zero-order valence-corrected chi connectivity index (χ0v) is 23.1. The van der Waals surface area contributed by atoms with Crippen molar-refractivity contribution in [3.8, 4) is 0 Å². The molecule has 2 fully saturated rings. The quantitative estimate of drug-likeness (QED) is 0.302. The van der Waals surface area contributed by atoms with Crippen LogP contribution >= 0.6 is 0 Å². The highest BCUT2D eigenvalue weighted by atomic mass is 16.6. The summed E-state index contributed by atoms with van der Waals surface area (Å²) < 4.78 is 12.1. The molecule has 4 aliphatic heterocycles. The van der Waals surface area contributed by atoms with Gasteiger partial charge in [0.2, 0.25) is 11.8 Å². The number of esters is 1. The number of hydrogen-bond donors (Lipinski definition) is 1. The van der Waals surface area contributed by atoms with Crippen molar-refractivity contribution >= 4 is 17.8 Å². The molecule has 0 aliphatic carbocycles. The molecule has 1 N–H and O–H groups in total. The first-order valence-corrected chi connectivity index (χ1v) is 13.8. The molecule has 0 bridgehead atoms. The van der Waals surface area contributed by atoms with Crippen LogP contribution in [0.3, 0.4) is 0 Å². The summed E-state index contributed by atoms with van der Waals surface area (Å²) in [4.78, 5) is 45.2. The van der Waals surface area contributed by atoms with E-state index in [4.69, 9.17) is 14.6 Å². The third-order valence-electron chi connectivity index (χ3n) is 8.12. The maximum Gasteiger partial charge on any atom is 0.312 e. The molecular weight excluding hydrogens is 472 g/mol. The molecule has 1 unspecified atom stereocenters. The molecule has 1 spiro atoms. The Morgan fingerprint density at radius 2 is 1.76 bits per heavy atom. The minimum absolute atomic E-state index is 0.00175. The van der Waals surface area contributed by atoms with E-state index in [1.54, 1.807) is 4.90 Å². The van der Waals surface area contributed by atoms with Crippen LogP contribution in [0.5, 0.6) is 0 Å². The van der Waals surface area contributed by atoms with Crippen LogP contribution in [0, 0.1) is 17.3 Å². The van der Waals surface area contributed by atoms with Gasteiger partial charge < -0.3 is 24.4 Å². The molecule has 8 heteroatoms. The molecular formula is C29H44N2O6. The van der Waals surface area contributed by atoms with Gasteiger partial charge in [0.05, 0.1) is 18.6 Å². The summed E-state index contributed by atoms with van der Waals surface area (Å²) in [5.74, 6) is -2.35. The normalized spacial score (nSPS) is 32.0. The van der Waals surface area contributed by atoms with Gasteiger partial charge in [0.25, 0.3) is 0 Å². The molecule has 2 saturated heterocycles. The van der Waals surface area contributed by atoms with Crippen molar-refractivity contribution in [1.29, 1.82) is 0 Å². The van der Waals surface area contributed by atoms with E-state index in [2.05, 4.69) is 34.6 Å². The van der Waals surface area contributed by atoms with Gasteiger partial charge in [0.15, 0.2) is 0 Å². The second-order valence-electron chi connectivity index (χ2n) is 12.8. The van der Waals surface area contributed by atoms with E-state index < -0.39 is 41.1 Å². The number of unbranched alkanes of at least 4 members (excludes halogenated alkanes) is 3. The standard InChI is InChI=1S/C29H44N2O6/c1-27(2,3)19-28(4,5)31-16-12-14-29-22(21-20(37-29)13-8-11-18-36-26(21)35)24(33)30(23(29)25(31)34)15-9-6-7-10-17-32/h8,12-14,20-23,32H,6-7,9-11,15-19H2,1-5H3/t20-,21+,22-,23?,29-/m0/s1. The van der Waals surface area contributed by atoms with Crippen LogP contribution < -0.4 is 0 Å². The highest BCUT2D eigenvalue weighted by Gasteiger charge is 2.72. The van der Waals surface area contributed by atoms with Gasteiger partial charge in [-0.05, 0) is 44.9 Å². The SMILES string of the molecule is CC(C)(C)CC(C)(C)N1CC=C[C@]23O[C@H]4C=CCCOC(=O)[C@H]4[C@H]2C(=O)N(CCCCCCO)C3C1=O. The fourth-order valence-corrected chi connectivity index (χ4v) is 7.03. The Hall–Kier alpha value is -2.19. The van der Waals surface area contributed by atoms with Crippen LogP contribution in [0.15, 0.2) is 24.3 Å². The van der Waals surface area contributed by atoms with Gasteiger partial charge in [-0.2, -0.15) is 0 Å². The van der Waals surface area contributed by atoms with Gasteiger partial charge >= 0.3 is 5.97 Å². The minimum atomic E-state index is -1.21. The Morgan fingerprint density at radius 3 is 2.46 bits per heavy atom. The van der Waals surface area contributed by atoms with E-state index >= 15 is 0 Å². The third kappa shape index (κ3) is 5.24. The molecule has 0 aromatic rings. The van der Waals surface area contributed by atoms with E-state index in [1.165, 1.54) is 0 Å². The predicted octanol–water partition coefficient (Wildman–Crippen LogP) is 3.24. The maximum absolute atomic E-state index is 14.5. The molecule has 4 aliphatic rings. The summed E-state index contributed by atoms with van der Waals surface area (Å²) in [7, 11) is 0. The van der Waals surface area contributed by atoms with E-state index in [0.29, 0.717) is 32.4 Å². The highest BCUT2D eigenvalue weighted by molar-refractivity contribution is 5.99. The van der Waals surface area contributed by atoms with Gasteiger partial charge in [0, 0.05) is 25.2 Å². The largest absolute Gasteiger partial charge is 0.465 e. The second kappa shape index (κ2) is 10.5. The molecule has 5 atom stereocenters. The number of rotatable bonds is 8. The number of likely N-dealkylation sites (tertiary alicyclic amines) is 1. The number of aliphatic hydroxyl groups is 1. The number of amides is 2. The first-order chi connectivity index (χ1) is 17.4. The van der Waals surface area contributed by atoms with Gasteiger partial charge in [-0.1, -0.05) is 57.9 Å². The fourth-order valence-electron chi connectivity index (χ4n) is 7.03. The third-order valence-corrected chi connectivity index (χ3v) is 8.12. The molecule has 0 saturated carbocycles. The molecule has 37 heavy (non-hydrogen) atoms. The smallest absolute Gasteiger partial charge is 0.312 e.